The van der Waals surface area contributed by atoms with E-state index < -0.39 is 0 Å². The molecule has 3 unspecified atom stereocenters. The first-order valence-corrected chi connectivity index (χ1v) is 10.6. The zero-order chi connectivity index (χ0) is 20.7. The molecule has 2 aliphatic heterocycles. The van der Waals surface area contributed by atoms with E-state index in [0.717, 1.165) is 47.5 Å². The Morgan fingerprint density at radius 1 is 1.17 bits per heavy atom. The molecule has 5 rings (SSSR count). The summed E-state index contributed by atoms with van der Waals surface area (Å²) >= 11 is 0. The highest BCUT2D eigenvalue weighted by atomic mass is 16.5. The van der Waals surface area contributed by atoms with Crippen LogP contribution in [-0.4, -0.2) is 44.7 Å². The van der Waals surface area contributed by atoms with Crippen molar-refractivity contribution in [2.24, 2.45) is 5.92 Å². The van der Waals surface area contributed by atoms with Crippen LogP contribution in [0.25, 0.3) is 11.3 Å². The Hall–Kier alpha value is -3.15. The lowest BCUT2D eigenvalue weighted by atomic mass is 9.90. The van der Waals surface area contributed by atoms with E-state index in [-0.39, 0.29) is 18.0 Å². The van der Waals surface area contributed by atoms with E-state index in [4.69, 9.17) is 4.74 Å². The Labute approximate surface area is 176 Å². The number of aromatic amines is 1. The third-order valence-electron chi connectivity index (χ3n) is 6.35. The van der Waals surface area contributed by atoms with Gasteiger partial charge < -0.3 is 9.64 Å². The molecular formula is C24H26N4O2. The molecule has 0 aliphatic carbocycles. The summed E-state index contributed by atoms with van der Waals surface area (Å²) in [6.45, 7) is 4.53. The Kier molecular flexibility index (Phi) is 4.77. The third-order valence-corrected chi connectivity index (χ3v) is 6.35. The number of ether oxygens (including phenoxy) is 1. The molecule has 4 heterocycles. The molecule has 1 N–H and O–H groups in total. The minimum Gasteiger partial charge on any atom is -0.477 e. The van der Waals surface area contributed by atoms with E-state index in [0.29, 0.717) is 18.4 Å². The van der Waals surface area contributed by atoms with Crippen LogP contribution in [0.4, 0.5) is 0 Å². The number of H-pyrrole nitrogens is 1. The molecule has 2 aliphatic rings. The summed E-state index contributed by atoms with van der Waals surface area (Å²) in [6, 6.07) is 16.1. The zero-order valence-electron chi connectivity index (χ0n) is 17.3. The van der Waals surface area contributed by atoms with E-state index >= 15 is 0 Å². The summed E-state index contributed by atoms with van der Waals surface area (Å²) in [7, 11) is 0. The van der Waals surface area contributed by atoms with Crippen LogP contribution in [-0.2, 0) is 0 Å². The number of aryl methyl sites for hydroxylation is 2. The lowest BCUT2D eigenvalue weighted by Crippen LogP contribution is -2.37. The molecule has 3 atom stereocenters. The fourth-order valence-corrected chi connectivity index (χ4v) is 4.99. The van der Waals surface area contributed by atoms with Crippen LogP contribution in [0.2, 0.25) is 0 Å². The number of pyridine rings is 1. The van der Waals surface area contributed by atoms with Crippen molar-refractivity contribution in [2.45, 2.75) is 45.2 Å². The van der Waals surface area contributed by atoms with Gasteiger partial charge in [-0.2, -0.15) is 5.10 Å². The van der Waals surface area contributed by atoms with Gasteiger partial charge in [-0.05, 0) is 51.3 Å². The van der Waals surface area contributed by atoms with Crippen molar-refractivity contribution < 1.29 is 9.53 Å². The number of aromatic nitrogens is 3. The standard InChI is InChI=1S/C24H26N4O2/c1-15-6-5-9-23(25-15)30-14-17-13-18-10-11-22(17)28(18)24(29)20-8-4-3-7-19(20)21-12-16(2)26-27-21/h3-9,12,17-18,22H,10-11,13-14H2,1-2H3,(H,26,27). The van der Waals surface area contributed by atoms with Crippen LogP contribution in [0.3, 0.4) is 0 Å². The van der Waals surface area contributed by atoms with Gasteiger partial charge in [0.05, 0.1) is 12.3 Å². The van der Waals surface area contributed by atoms with Crippen molar-refractivity contribution in [3.8, 4) is 17.1 Å². The van der Waals surface area contributed by atoms with Crippen LogP contribution in [0.15, 0.2) is 48.5 Å². The Balaban J connectivity index is 1.35. The van der Waals surface area contributed by atoms with Crippen molar-refractivity contribution in [3.05, 3.63) is 65.5 Å². The third kappa shape index (κ3) is 3.36. The first-order chi connectivity index (χ1) is 14.6. The highest BCUT2D eigenvalue weighted by Crippen LogP contribution is 2.43. The first kappa shape index (κ1) is 18.9. The molecule has 0 spiro atoms. The molecule has 0 saturated carbocycles. The van der Waals surface area contributed by atoms with Crippen LogP contribution in [0, 0.1) is 19.8 Å². The second-order valence-electron chi connectivity index (χ2n) is 8.42. The zero-order valence-corrected chi connectivity index (χ0v) is 17.3. The smallest absolute Gasteiger partial charge is 0.255 e. The fraction of sp³-hybridized carbons (Fsp3) is 0.375. The van der Waals surface area contributed by atoms with Gasteiger partial charge in [0, 0.05) is 46.6 Å². The molecule has 1 amide bonds. The monoisotopic (exact) mass is 402 g/mol. The molecule has 3 aromatic rings. The molecule has 30 heavy (non-hydrogen) atoms. The molecule has 154 valence electrons. The maximum absolute atomic E-state index is 13.6. The number of nitrogens with zero attached hydrogens (tertiary/aromatic N) is 3. The van der Waals surface area contributed by atoms with Gasteiger partial charge in [-0.3, -0.25) is 9.89 Å². The van der Waals surface area contributed by atoms with E-state index in [1.165, 1.54) is 0 Å². The Bertz CT molecular complexity index is 1080. The number of carbonyl (C=O) groups excluding carboxylic acids is 1. The molecule has 6 nitrogen and oxygen atoms in total. The van der Waals surface area contributed by atoms with Crippen LogP contribution in [0.5, 0.6) is 5.88 Å². The predicted molar refractivity (Wildman–Crippen MR) is 114 cm³/mol. The lowest BCUT2D eigenvalue weighted by molar-refractivity contribution is 0.0710. The van der Waals surface area contributed by atoms with Crippen molar-refractivity contribution in [2.75, 3.05) is 6.61 Å². The molecule has 1 aromatic carbocycles. The number of carbonyl (C=O) groups is 1. The number of benzene rings is 1. The minimum atomic E-state index is 0.106. The van der Waals surface area contributed by atoms with Crippen molar-refractivity contribution in [1.82, 2.24) is 20.1 Å². The Morgan fingerprint density at radius 3 is 2.83 bits per heavy atom. The molecule has 2 aromatic heterocycles. The number of hydrogen-bond acceptors (Lipinski definition) is 4. The number of fused-ring (bicyclic) bond motifs is 2. The van der Waals surface area contributed by atoms with Crippen LogP contribution >= 0.6 is 0 Å². The highest BCUT2D eigenvalue weighted by Gasteiger charge is 2.49. The van der Waals surface area contributed by atoms with E-state index in [1.807, 2.05) is 62.4 Å². The van der Waals surface area contributed by atoms with Crippen molar-refractivity contribution >= 4 is 5.91 Å². The van der Waals surface area contributed by atoms with Gasteiger partial charge in [-0.1, -0.05) is 24.3 Å². The summed E-state index contributed by atoms with van der Waals surface area (Å²) in [5.74, 6) is 1.11. The second kappa shape index (κ2) is 7.59. The van der Waals surface area contributed by atoms with Gasteiger partial charge in [0.1, 0.15) is 0 Å². The molecular weight excluding hydrogens is 376 g/mol. The summed E-state index contributed by atoms with van der Waals surface area (Å²) in [4.78, 5) is 20.1. The molecule has 2 saturated heterocycles. The Morgan fingerprint density at radius 2 is 2.03 bits per heavy atom. The van der Waals surface area contributed by atoms with Gasteiger partial charge in [0.2, 0.25) is 5.88 Å². The summed E-state index contributed by atoms with van der Waals surface area (Å²) < 4.78 is 5.99. The lowest BCUT2D eigenvalue weighted by Gasteiger charge is -2.25. The summed E-state index contributed by atoms with van der Waals surface area (Å²) in [6.07, 6.45) is 3.10. The number of amides is 1. The SMILES string of the molecule is Cc1cccc(OCC2CC3CCC2N3C(=O)c2ccccc2-c2cc(C)[nH]n2)n1. The maximum atomic E-state index is 13.6. The average molecular weight is 402 g/mol. The van der Waals surface area contributed by atoms with E-state index in [1.54, 1.807) is 0 Å². The number of rotatable bonds is 5. The van der Waals surface area contributed by atoms with Crippen LogP contribution in [0.1, 0.15) is 41.0 Å². The fourth-order valence-electron chi connectivity index (χ4n) is 4.99. The number of nitrogens with one attached hydrogen (secondary N) is 1. The highest BCUT2D eigenvalue weighted by molar-refractivity contribution is 6.01. The molecule has 2 fully saturated rings. The average Bonchev–Trinajstić information content (AvgIpc) is 3.46. The second-order valence-corrected chi connectivity index (χ2v) is 8.42. The van der Waals surface area contributed by atoms with Gasteiger partial charge in [0.15, 0.2) is 0 Å². The normalized spacial score (nSPS) is 22.5. The van der Waals surface area contributed by atoms with E-state index in [2.05, 4.69) is 20.1 Å². The molecule has 6 heteroatoms. The van der Waals surface area contributed by atoms with E-state index in [9.17, 15) is 4.79 Å². The van der Waals surface area contributed by atoms with Gasteiger partial charge in [-0.25, -0.2) is 4.98 Å². The topological polar surface area (TPSA) is 71.1 Å². The van der Waals surface area contributed by atoms with Gasteiger partial charge >= 0.3 is 0 Å². The van der Waals surface area contributed by atoms with Crippen LogP contribution < -0.4 is 4.74 Å². The van der Waals surface area contributed by atoms with Gasteiger partial charge in [-0.15, -0.1) is 0 Å². The number of hydrogen-bond donors (Lipinski definition) is 1. The largest absolute Gasteiger partial charge is 0.477 e. The molecule has 0 radical (unpaired) electrons. The summed E-state index contributed by atoms with van der Waals surface area (Å²) in [5, 5.41) is 7.35. The quantitative estimate of drug-likeness (QED) is 0.696. The van der Waals surface area contributed by atoms with Crippen molar-refractivity contribution in [1.29, 1.82) is 0 Å². The van der Waals surface area contributed by atoms with Gasteiger partial charge in [0.25, 0.3) is 5.91 Å². The molecule has 2 bridgehead atoms. The first-order valence-electron chi connectivity index (χ1n) is 10.6. The van der Waals surface area contributed by atoms with Crippen molar-refractivity contribution in [3.63, 3.8) is 0 Å². The maximum Gasteiger partial charge on any atom is 0.255 e. The summed E-state index contributed by atoms with van der Waals surface area (Å²) in [5.41, 5.74) is 4.35. The minimum absolute atomic E-state index is 0.106. The predicted octanol–water partition coefficient (Wildman–Crippen LogP) is 4.16.